The molecule has 2 amide bonds. The summed E-state index contributed by atoms with van der Waals surface area (Å²) < 4.78 is 25.1. The van der Waals surface area contributed by atoms with Crippen molar-refractivity contribution >= 4 is 40.8 Å². The highest BCUT2D eigenvalue weighted by Gasteiger charge is 2.33. The molecule has 10 heteroatoms. The zero-order valence-corrected chi connectivity index (χ0v) is 19.0. The zero-order valence-electron chi connectivity index (χ0n) is 18.2. The van der Waals surface area contributed by atoms with Crippen molar-refractivity contribution < 1.29 is 23.5 Å². The molecule has 0 bridgehead atoms. The SMILES string of the molecule is COC(=O)N1CCN(c2ccc(N3CC(CNC(=S)CC4CCC4)OC3=O)cc2F)CC1. The molecule has 8 nitrogen and oxygen atoms in total. The third-order valence-corrected chi connectivity index (χ3v) is 6.71. The van der Waals surface area contributed by atoms with Crippen LogP contribution < -0.4 is 15.1 Å². The van der Waals surface area contributed by atoms with Gasteiger partial charge in [-0.1, -0.05) is 31.5 Å². The van der Waals surface area contributed by atoms with Gasteiger partial charge in [0, 0.05) is 32.6 Å². The smallest absolute Gasteiger partial charge is 0.414 e. The maximum Gasteiger partial charge on any atom is 0.414 e. The fourth-order valence-corrected chi connectivity index (χ4v) is 4.60. The first-order valence-corrected chi connectivity index (χ1v) is 11.5. The number of piperazine rings is 1. The minimum atomic E-state index is -0.486. The van der Waals surface area contributed by atoms with Crippen LogP contribution in [-0.2, 0) is 9.47 Å². The lowest BCUT2D eigenvalue weighted by molar-refractivity contribution is 0.121. The lowest BCUT2D eigenvalue weighted by atomic mass is 9.83. The largest absolute Gasteiger partial charge is 0.453 e. The number of carbonyl (C=O) groups excluding carboxylic acids is 2. The van der Waals surface area contributed by atoms with Crippen molar-refractivity contribution in [2.45, 2.75) is 31.8 Å². The average molecular weight is 465 g/mol. The van der Waals surface area contributed by atoms with E-state index in [2.05, 4.69) is 5.32 Å². The molecule has 2 aliphatic heterocycles. The van der Waals surface area contributed by atoms with E-state index in [0.29, 0.717) is 56.6 Å². The molecule has 2 saturated heterocycles. The second-order valence-electron chi connectivity index (χ2n) is 8.50. The number of cyclic esters (lactones) is 1. The number of benzene rings is 1. The van der Waals surface area contributed by atoms with E-state index in [1.807, 2.05) is 4.90 Å². The first kappa shape index (κ1) is 22.6. The second-order valence-corrected chi connectivity index (χ2v) is 8.99. The first-order valence-electron chi connectivity index (χ1n) is 11.1. The van der Waals surface area contributed by atoms with Crippen LogP contribution in [-0.4, -0.2) is 74.6 Å². The molecule has 1 unspecified atom stereocenters. The Morgan fingerprint density at radius 1 is 1.28 bits per heavy atom. The molecule has 1 N–H and O–H groups in total. The number of anilines is 2. The van der Waals surface area contributed by atoms with E-state index in [0.717, 1.165) is 11.4 Å². The highest BCUT2D eigenvalue weighted by atomic mass is 32.1. The summed E-state index contributed by atoms with van der Waals surface area (Å²) in [6, 6.07) is 4.76. The molecule has 2 heterocycles. The van der Waals surface area contributed by atoms with Gasteiger partial charge in [0.15, 0.2) is 0 Å². The average Bonchev–Trinajstić information content (AvgIpc) is 3.15. The van der Waals surface area contributed by atoms with Crippen LogP contribution in [0.4, 0.5) is 25.4 Å². The van der Waals surface area contributed by atoms with Gasteiger partial charge < -0.3 is 24.6 Å². The molecule has 3 fully saturated rings. The minimum Gasteiger partial charge on any atom is -0.453 e. The molecular weight excluding hydrogens is 435 g/mol. The third-order valence-electron chi connectivity index (χ3n) is 6.40. The van der Waals surface area contributed by atoms with Crippen LogP contribution >= 0.6 is 12.2 Å². The van der Waals surface area contributed by atoms with E-state index < -0.39 is 11.9 Å². The molecule has 0 spiro atoms. The Kier molecular flexibility index (Phi) is 6.98. The van der Waals surface area contributed by atoms with Crippen LogP contribution in [0.2, 0.25) is 0 Å². The van der Waals surface area contributed by atoms with Crippen LogP contribution in [0.3, 0.4) is 0 Å². The predicted molar refractivity (Wildman–Crippen MR) is 123 cm³/mol. The van der Waals surface area contributed by atoms with Gasteiger partial charge in [-0.25, -0.2) is 14.0 Å². The standard InChI is InChI=1S/C22H29FN4O4S/c1-30-21(28)26-9-7-25(8-10-26)19-6-5-16(12-18(19)23)27-14-17(31-22(27)29)13-24-20(32)11-15-3-2-4-15/h5-6,12,15,17H,2-4,7-11,13-14H2,1H3,(H,24,32). The highest BCUT2D eigenvalue weighted by Crippen LogP contribution is 2.30. The van der Waals surface area contributed by atoms with Crippen molar-refractivity contribution in [2.75, 3.05) is 56.2 Å². The zero-order chi connectivity index (χ0) is 22.7. The Hall–Kier alpha value is -2.62. The molecule has 1 aromatic carbocycles. The number of methoxy groups -OCH3 is 1. The fraction of sp³-hybridized carbons (Fsp3) is 0.591. The van der Waals surface area contributed by atoms with Crippen LogP contribution in [0.5, 0.6) is 0 Å². The maximum absolute atomic E-state index is 14.9. The number of hydrogen-bond donors (Lipinski definition) is 1. The summed E-state index contributed by atoms with van der Waals surface area (Å²) >= 11 is 5.39. The van der Waals surface area contributed by atoms with Gasteiger partial charge in [-0.15, -0.1) is 0 Å². The van der Waals surface area contributed by atoms with Gasteiger partial charge in [0.25, 0.3) is 0 Å². The van der Waals surface area contributed by atoms with Gasteiger partial charge in [-0.2, -0.15) is 0 Å². The number of amides is 2. The Morgan fingerprint density at radius 2 is 2.03 bits per heavy atom. The number of halogens is 1. The summed E-state index contributed by atoms with van der Waals surface area (Å²) in [5.41, 5.74) is 0.911. The number of rotatable bonds is 6. The van der Waals surface area contributed by atoms with E-state index in [1.165, 1.54) is 37.3 Å². The van der Waals surface area contributed by atoms with Gasteiger partial charge in [0.2, 0.25) is 0 Å². The van der Waals surface area contributed by atoms with Crippen molar-refractivity contribution in [3.8, 4) is 0 Å². The van der Waals surface area contributed by atoms with Crippen LogP contribution in [0.25, 0.3) is 0 Å². The predicted octanol–water partition coefficient (Wildman–Crippen LogP) is 3.15. The van der Waals surface area contributed by atoms with Gasteiger partial charge in [0.05, 0.1) is 36.6 Å². The van der Waals surface area contributed by atoms with Crippen molar-refractivity contribution in [1.29, 1.82) is 0 Å². The summed E-state index contributed by atoms with van der Waals surface area (Å²) in [6.07, 6.45) is 3.44. The molecular formula is C22H29FN4O4S. The molecule has 174 valence electrons. The summed E-state index contributed by atoms with van der Waals surface area (Å²) in [7, 11) is 1.35. The van der Waals surface area contributed by atoms with Crippen molar-refractivity contribution in [2.24, 2.45) is 5.92 Å². The topological polar surface area (TPSA) is 74.3 Å². The van der Waals surface area contributed by atoms with E-state index in [-0.39, 0.29) is 12.2 Å². The Morgan fingerprint density at radius 3 is 2.66 bits per heavy atom. The maximum atomic E-state index is 14.9. The number of carbonyl (C=O) groups is 2. The van der Waals surface area contributed by atoms with Gasteiger partial charge in [-0.05, 0) is 24.1 Å². The van der Waals surface area contributed by atoms with Crippen molar-refractivity contribution in [1.82, 2.24) is 10.2 Å². The van der Waals surface area contributed by atoms with Crippen LogP contribution in [0.1, 0.15) is 25.7 Å². The van der Waals surface area contributed by atoms with E-state index in [4.69, 9.17) is 21.7 Å². The quantitative estimate of drug-likeness (QED) is 0.649. The molecule has 32 heavy (non-hydrogen) atoms. The molecule has 0 radical (unpaired) electrons. The lowest BCUT2D eigenvalue weighted by Gasteiger charge is -2.35. The fourth-order valence-electron chi connectivity index (χ4n) is 4.28. The Balaban J connectivity index is 1.31. The van der Waals surface area contributed by atoms with Crippen LogP contribution in [0, 0.1) is 11.7 Å². The molecule has 1 aliphatic carbocycles. The van der Waals surface area contributed by atoms with Gasteiger partial charge in [-0.3, -0.25) is 4.90 Å². The van der Waals surface area contributed by atoms with E-state index in [9.17, 15) is 14.0 Å². The summed E-state index contributed by atoms with van der Waals surface area (Å²) in [5, 5.41) is 3.21. The molecule has 3 aliphatic rings. The highest BCUT2D eigenvalue weighted by molar-refractivity contribution is 7.80. The Bertz CT molecular complexity index is 873. The summed E-state index contributed by atoms with van der Waals surface area (Å²) in [4.78, 5) is 29.7. The summed E-state index contributed by atoms with van der Waals surface area (Å²) in [5.74, 6) is 0.271. The Labute approximate surface area is 192 Å². The number of thiocarbonyl (C=S) groups is 1. The van der Waals surface area contributed by atoms with Crippen LogP contribution in [0.15, 0.2) is 18.2 Å². The summed E-state index contributed by atoms with van der Waals surface area (Å²) in [6.45, 7) is 2.73. The van der Waals surface area contributed by atoms with Crippen molar-refractivity contribution in [3.63, 3.8) is 0 Å². The third kappa shape index (κ3) is 5.06. The number of nitrogens with one attached hydrogen (secondary N) is 1. The number of nitrogens with zero attached hydrogens (tertiary/aromatic N) is 3. The number of ether oxygens (including phenoxy) is 2. The van der Waals surface area contributed by atoms with E-state index >= 15 is 0 Å². The molecule has 1 aromatic rings. The minimum absolute atomic E-state index is 0.337. The normalized spacial score (nSPS) is 21.2. The molecule has 1 atom stereocenters. The van der Waals surface area contributed by atoms with E-state index in [1.54, 1.807) is 17.0 Å². The van der Waals surface area contributed by atoms with Gasteiger partial charge in [0.1, 0.15) is 11.9 Å². The second kappa shape index (κ2) is 9.89. The molecule has 0 aromatic heterocycles. The monoisotopic (exact) mass is 464 g/mol. The molecule has 1 saturated carbocycles. The first-order chi connectivity index (χ1) is 15.4. The lowest BCUT2D eigenvalue weighted by Crippen LogP contribution is -2.49. The van der Waals surface area contributed by atoms with Gasteiger partial charge >= 0.3 is 12.2 Å². The molecule has 4 rings (SSSR count). The van der Waals surface area contributed by atoms with Crippen molar-refractivity contribution in [3.05, 3.63) is 24.0 Å². The number of hydrogen-bond acceptors (Lipinski definition) is 6.